The predicted molar refractivity (Wildman–Crippen MR) is 137 cm³/mol. The van der Waals surface area contributed by atoms with Crippen LogP contribution in [0.5, 0.6) is 0 Å². The SMILES string of the molecule is CC(C)CN1C(=O)c2ccccc2C(C(=O)N2CCN(C3CCCCC3)CC2)C1c1cccs1. The molecule has 1 saturated carbocycles. The molecule has 0 spiro atoms. The lowest BCUT2D eigenvalue weighted by Crippen LogP contribution is -2.55. The second-order valence-corrected chi connectivity index (χ2v) is 11.5. The fourth-order valence-corrected chi connectivity index (χ4v) is 7.05. The number of carbonyl (C=O) groups is 2. The van der Waals surface area contributed by atoms with Crippen LogP contribution in [-0.4, -0.2) is 65.3 Å². The Morgan fingerprint density at radius 1 is 1.00 bits per heavy atom. The molecule has 5 rings (SSSR count). The summed E-state index contributed by atoms with van der Waals surface area (Å²) in [6.45, 7) is 8.41. The normalized spacial score (nSPS) is 24.5. The van der Waals surface area contributed by atoms with Gasteiger partial charge in [-0.1, -0.05) is 57.4 Å². The Morgan fingerprint density at radius 3 is 2.41 bits per heavy atom. The molecule has 5 nitrogen and oxygen atoms in total. The maximum atomic E-state index is 14.2. The molecule has 2 aliphatic heterocycles. The van der Waals surface area contributed by atoms with Crippen molar-refractivity contribution in [1.29, 1.82) is 0 Å². The van der Waals surface area contributed by atoms with E-state index in [4.69, 9.17) is 0 Å². The molecule has 34 heavy (non-hydrogen) atoms. The molecule has 1 saturated heterocycles. The zero-order chi connectivity index (χ0) is 23.7. The van der Waals surface area contributed by atoms with Crippen molar-refractivity contribution >= 4 is 23.2 Å². The van der Waals surface area contributed by atoms with Gasteiger partial charge in [-0.2, -0.15) is 0 Å². The number of carbonyl (C=O) groups excluding carboxylic acids is 2. The van der Waals surface area contributed by atoms with E-state index in [2.05, 4.69) is 35.1 Å². The minimum atomic E-state index is -0.354. The van der Waals surface area contributed by atoms with Crippen molar-refractivity contribution in [3.63, 3.8) is 0 Å². The van der Waals surface area contributed by atoms with E-state index in [-0.39, 0.29) is 23.8 Å². The number of rotatable bonds is 5. The van der Waals surface area contributed by atoms with Crippen molar-refractivity contribution in [2.24, 2.45) is 5.92 Å². The van der Waals surface area contributed by atoms with Crippen LogP contribution in [0.1, 0.15) is 78.7 Å². The second-order valence-electron chi connectivity index (χ2n) is 10.5. The standard InChI is InChI=1S/C28H37N3O2S/c1-20(2)19-31-26(24-13-8-18-34-24)25(22-11-6-7-12-23(22)27(31)32)28(33)30-16-14-29(15-17-30)21-9-4-3-5-10-21/h6-8,11-13,18,20-21,25-26H,3-5,9-10,14-17,19H2,1-2H3. The molecule has 2 amide bonds. The number of piperazine rings is 1. The molecule has 1 aromatic heterocycles. The van der Waals surface area contributed by atoms with Crippen LogP contribution < -0.4 is 0 Å². The highest BCUT2D eigenvalue weighted by atomic mass is 32.1. The summed E-state index contributed by atoms with van der Waals surface area (Å²) in [5.41, 5.74) is 1.58. The highest BCUT2D eigenvalue weighted by molar-refractivity contribution is 7.10. The van der Waals surface area contributed by atoms with Gasteiger partial charge in [0.15, 0.2) is 0 Å². The van der Waals surface area contributed by atoms with Gasteiger partial charge in [0.2, 0.25) is 5.91 Å². The van der Waals surface area contributed by atoms with Gasteiger partial charge >= 0.3 is 0 Å². The quantitative estimate of drug-likeness (QED) is 0.595. The second kappa shape index (κ2) is 10.2. The van der Waals surface area contributed by atoms with Crippen LogP contribution in [0.4, 0.5) is 0 Å². The van der Waals surface area contributed by atoms with Gasteiger partial charge in [0, 0.05) is 49.2 Å². The molecule has 2 fully saturated rings. The van der Waals surface area contributed by atoms with E-state index in [0.29, 0.717) is 24.1 Å². The smallest absolute Gasteiger partial charge is 0.254 e. The molecular weight excluding hydrogens is 442 g/mol. The Balaban J connectivity index is 1.44. The zero-order valence-corrected chi connectivity index (χ0v) is 21.3. The number of benzene rings is 1. The topological polar surface area (TPSA) is 43.9 Å². The summed E-state index contributed by atoms with van der Waals surface area (Å²) in [5.74, 6) is 0.197. The molecule has 1 aromatic carbocycles. The van der Waals surface area contributed by atoms with Crippen LogP contribution in [0.25, 0.3) is 0 Å². The summed E-state index contributed by atoms with van der Waals surface area (Å²) in [4.78, 5) is 35.6. The highest BCUT2D eigenvalue weighted by Crippen LogP contribution is 2.45. The van der Waals surface area contributed by atoms with Crippen molar-refractivity contribution < 1.29 is 9.59 Å². The summed E-state index contributed by atoms with van der Waals surface area (Å²) >= 11 is 1.65. The van der Waals surface area contributed by atoms with Crippen LogP contribution in [0.2, 0.25) is 0 Å². The largest absolute Gasteiger partial charge is 0.340 e. The summed E-state index contributed by atoms with van der Waals surface area (Å²) in [6, 6.07) is 12.4. The maximum Gasteiger partial charge on any atom is 0.254 e. The molecule has 2 atom stereocenters. The Labute approximate surface area is 207 Å². The van der Waals surface area contributed by atoms with E-state index in [9.17, 15) is 9.59 Å². The lowest BCUT2D eigenvalue weighted by atomic mass is 9.80. The fourth-order valence-electron chi connectivity index (χ4n) is 6.18. The predicted octanol–water partition coefficient (Wildman–Crippen LogP) is 5.16. The van der Waals surface area contributed by atoms with Crippen LogP contribution in [-0.2, 0) is 4.79 Å². The summed E-state index contributed by atoms with van der Waals surface area (Å²) in [7, 11) is 0. The summed E-state index contributed by atoms with van der Waals surface area (Å²) in [6.07, 6.45) is 6.65. The molecule has 0 radical (unpaired) electrons. The first-order valence-electron chi connectivity index (χ1n) is 13.0. The summed E-state index contributed by atoms with van der Waals surface area (Å²) in [5, 5.41) is 2.05. The van der Waals surface area contributed by atoms with Crippen molar-refractivity contribution in [2.45, 2.75) is 64.0 Å². The Kier molecular flexibility index (Phi) is 7.07. The van der Waals surface area contributed by atoms with Crippen LogP contribution in [0.3, 0.4) is 0 Å². The van der Waals surface area contributed by atoms with E-state index in [1.54, 1.807) is 11.3 Å². The molecule has 0 N–H and O–H groups in total. The van der Waals surface area contributed by atoms with Gasteiger partial charge in [-0.25, -0.2) is 0 Å². The molecule has 2 aromatic rings. The first-order chi connectivity index (χ1) is 16.5. The van der Waals surface area contributed by atoms with Gasteiger partial charge in [-0.3, -0.25) is 14.5 Å². The van der Waals surface area contributed by atoms with Gasteiger partial charge in [0.1, 0.15) is 0 Å². The fraction of sp³-hybridized carbons (Fsp3) is 0.571. The minimum absolute atomic E-state index is 0.0499. The number of amides is 2. The molecule has 0 bridgehead atoms. The number of hydrogen-bond acceptors (Lipinski definition) is 4. The average molecular weight is 480 g/mol. The van der Waals surface area contributed by atoms with Gasteiger partial charge in [-0.05, 0) is 41.8 Å². The highest BCUT2D eigenvalue weighted by Gasteiger charge is 2.46. The van der Waals surface area contributed by atoms with Crippen molar-refractivity contribution in [1.82, 2.24) is 14.7 Å². The van der Waals surface area contributed by atoms with E-state index in [1.165, 1.54) is 32.1 Å². The van der Waals surface area contributed by atoms with E-state index in [0.717, 1.165) is 36.6 Å². The van der Waals surface area contributed by atoms with Crippen LogP contribution in [0.15, 0.2) is 41.8 Å². The molecule has 182 valence electrons. The third-order valence-electron chi connectivity index (χ3n) is 7.82. The number of nitrogens with zero attached hydrogens (tertiary/aromatic N) is 3. The summed E-state index contributed by atoms with van der Waals surface area (Å²) < 4.78 is 0. The van der Waals surface area contributed by atoms with E-state index >= 15 is 0 Å². The molecule has 6 heteroatoms. The Hall–Kier alpha value is -2.18. The van der Waals surface area contributed by atoms with Crippen molar-refractivity contribution in [2.75, 3.05) is 32.7 Å². The van der Waals surface area contributed by atoms with E-state index < -0.39 is 0 Å². The van der Waals surface area contributed by atoms with Gasteiger partial charge in [-0.15, -0.1) is 11.3 Å². The maximum absolute atomic E-state index is 14.2. The number of fused-ring (bicyclic) bond motifs is 1. The minimum Gasteiger partial charge on any atom is -0.340 e. The van der Waals surface area contributed by atoms with Gasteiger partial charge in [0.25, 0.3) is 5.91 Å². The number of thiophene rings is 1. The molecular formula is C28H37N3O2S. The molecule has 3 aliphatic rings. The zero-order valence-electron chi connectivity index (χ0n) is 20.5. The van der Waals surface area contributed by atoms with Crippen LogP contribution >= 0.6 is 11.3 Å². The lowest BCUT2D eigenvalue weighted by Gasteiger charge is -2.45. The monoisotopic (exact) mass is 479 g/mol. The van der Waals surface area contributed by atoms with E-state index in [1.807, 2.05) is 35.2 Å². The molecule has 2 unspecified atom stereocenters. The van der Waals surface area contributed by atoms with Gasteiger partial charge < -0.3 is 9.80 Å². The average Bonchev–Trinajstić information content (AvgIpc) is 3.40. The first kappa shape index (κ1) is 23.6. The Bertz CT molecular complexity index is 991. The lowest BCUT2D eigenvalue weighted by molar-refractivity contribution is -0.136. The van der Waals surface area contributed by atoms with Crippen molar-refractivity contribution in [3.05, 3.63) is 57.8 Å². The first-order valence-corrected chi connectivity index (χ1v) is 13.9. The molecule has 3 heterocycles. The van der Waals surface area contributed by atoms with Gasteiger partial charge in [0.05, 0.1) is 12.0 Å². The third-order valence-corrected chi connectivity index (χ3v) is 8.76. The number of hydrogen-bond donors (Lipinski definition) is 0. The molecule has 1 aliphatic carbocycles. The van der Waals surface area contributed by atoms with Crippen molar-refractivity contribution in [3.8, 4) is 0 Å². The Morgan fingerprint density at radius 2 is 1.74 bits per heavy atom. The third kappa shape index (κ3) is 4.55. The van der Waals surface area contributed by atoms with Crippen LogP contribution in [0, 0.1) is 5.92 Å².